The Kier molecular flexibility index (Phi) is 6.01. The molecule has 3 heteroatoms. The normalized spacial score (nSPS) is 10.3. The second-order valence-electron chi connectivity index (χ2n) is 5.27. The van der Waals surface area contributed by atoms with E-state index in [0.29, 0.717) is 0 Å². The van der Waals surface area contributed by atoms with Gasteiger partial charge in [0.2, 0.25) is 0 Å². The Morgan fingerprint density at radius 3 is 2.36 bits per heavy atom. The van der Waals surface area contributed by atoms with E-state index in [4.69, 9.17) is 0 Å². The Morgan fingerprint density at radius 1 is 1.00 bits per heavy atom. The van der Waals surface area contributed by atoms with E-state index in [0.717, 1.165) is 42.9 Å². The SMILES string of the molecule is CCCCN(CC)C(=O)c1ccccc1Nc1ccccc1. The van der Waals surface area contributed by atoms with Crippen LogP contribution in [0.2, 0.25) is 0 Å². The molecule has 1 N–H and O–H groups in total. The minimum absolute atomic E-state index is 0.0926. The summed E-state index contributed by atoms with van der Waals surface area (Å²) in [5.74, 6) is 0.0926. The van der Waals surface area contributed by atoms with Gasteiger partial charge in [0.05, 0.1) is 11.3 Å². The minimum Gasteiger partial charge on any atom is -0.355 e. The summed E-state index contributed by atoms with van der Waals surface area (Å²) in [6.07, 6.45) is 2.13. The summed E-state index contributed by atoms with van der Waals surface area (Å²) in [6, 6.07) is 17.6. The molecule has 0 spiro atoms. The first-order chi connectivity index (χ1) is 10.8. The number of hydrogen-bond donors (Lipinski definition) is 1. The molecule has 0 aliphatic heterocycles. The summed E-state index contributed by atoms with van der Waals surface area (Å²) in [7, 11) is 0. The van der Waals surface area contributed by atoms with E-state index in [2.05, 4.69) is 12.2 Å². The first kappa shape index (κ1) is 16.1. The fourth-order valence-electron chi connectivity index (χ4n) is 2.38. The Bertz CT molecular complexity index is 595. The monoisotopic (exact) mass is 296 g/mol. The number of benzene rings is 2. The molecular formula is C19H24N2O. The molecule has 116 valence electrons. The molecular weight excluding hydrogens is 272 g/mol. The summed E-state index contributed by atoms with van der Waals surface area (Å²) >= 11 is 0. The molecule has 1 amide bonds. The maximum atomic E-state index is 12.8. The lowest BCUT2D eigenvalue weighted by Gasteiger charge is -2.22. The lowest BCUT2D eigenvalue weighted by atomic mass is 10.1. The highest BCUT2D eigenvalue weighted by atomic mass is 16.2. The van der Waals surface area contributed by atoms with Crippen molar-refractivity contribution in [2.45, 2.75) is 26.7 Å². The fourth-order valence-corrected chi connectivity index (χ4v) is 2.38. The molecule has 2 aromatic carbocycles. The molecule has 0 aliphatic carbocycles. The molecule has 0 aliphatic rings. The van der Waals surface area contributed by atoms with Crippen LogP contribution >= 0.6 is 0 Å². The van der Waals surface area contributed by atoms with Crippen molar-refractivity contribution in [2.75, 3.05) is 18.4 Å². The third kappa shape index (κ3) is 4.10. The first-order valence-electron chi connectivity index (χ1n) is 7.96. The summed E-state index contributed by atoms with van der Waals surface area (Å²) in [5, 5.41) is 3.34. The lowest BCUT2D eigenvalue weighted by Crippen LogP contribution is -2.32. The highest BCUT2D eigenvalue weighted by Gasteiger charge is 2.17. The first-order valence-corrected chi connectivity index (χ1v) is 7.96. The Hall–Kier alpha value is -2.29. The fraction of sp³-hybridized carbons (Fsp3) is 0.316. The van der Waals surface area contributed by atoms with Gasteiger partial charge >= 0.3 is 0 Å². The van der Waals surface area contributed by atoms with E-state index in [9.17, 15) is 4.79 Å². The maximum Gasteiger partial charge on any atom is 0.255 e. The molecule has 0 saturated carbocycles. The van der Waals surface area contributed by atoms with Gasteiger partial charge in [-0.3, -0.25) is 4.79 Å². The van der Waals surface area contributed by atoms with Crippen molar-refractivity contribution in [3.05, 3.63) is 60.2 Å². The topological polar surface area (TPSA) is 32.3 Å². The van der Waals surface area contributed by atoms with Crippen LogP contribution < -0.4 is 5.32 Å². The van der Waals surface area contributed by atoms with Crippen molar-refractivity contribution in [1.82, 2.24) is 4.90 Å². The van der Waals surface area contributed by atoms with E-state index in [1.165, 1.54) is 0 Å². The summed E-state index contributed by atoms with van der Waals surface area (Å²) < 4.78 is 0. The van der Waals surface area contributed by atoms with E-state index in [1.807, 2.05) is 66.4 Å². The van der Waals surface area contributed by atoms with Crippen LogP contribution in [0.1, 0.15) is 37.0 Å². The molecule has 22 heavy (non-hydrogen) atoms. The second kappa shape index (κ2) is 8.23. The highest BCUT2D eigenvalue weighted by Crippen LogP contribution is 2.22. The van der Waals surface area contributed by atoms with E-state index < -0.39 is 0 Å². The average Bonchev–Trinajstić information content (AvgIpc) is 2.57. The van der Waals surface area contributed by atoms with Crippen molar-refractivity contribution in [2.24, 2.45) is 0 Å². The van der Waals surface area contributed by atoms with E-state index in [-0.39, 0.29) is 5.91 Å². The van der Waals surface area contributed by atoms with Crippen LogP contribution in [0.25, 0.3) is 0 Å². The molecule has 0 bridgehead atoms. The number of rotatable bonds is 7. The van der Waals surface area contributed by atoms with Gasteiger partial charge < -0.3 is 10.2 Å². The molecule has 0 atom stereocenters. The number of carbonyl (C=O) groups is 1. The number of nitrogens with zero attached hydrogens (tertiary/aromatic N) is 1. The Morgan fingerprint density at radius 2 is 1.68 bits per heavy atom. The molecule has 2 rings (SSSR count). The molecule has 0 heterocycles. The van der Waals surface area contributed by atoms with Crippen LogP contribution in [-0.2, 0) is 0 Å². The van der Waals surface area contributed by atoms with Crippen molar-refractivity contribution in [3.8, 4) is 0 Å². The van der Waals surface area contributed by atoms with Crippen LogP contribution in [-0.4, -0.2) is 23.9 Å². The van der Waals surface area contributed by atoms with Gasteiger partial charge in [-0.05, 0) is 37.6 Å². The number of nitrogens with one attached hydrogen (secondary N) is 1. The quantitative estimate of drug-likeness (QED) is 0.803. The van der Waals surface area contributed by atoms with E-state index >= 15 is 0 Å². The summed E-state index contributed by atoms with van der Waals surface area (Å²) in [4.78, 5) is 14.7. The minimum atomic E-state index is 0.0926. The maximum absolute atomic E-state index is 12.8. The number of hydrogen-bond acceptors (Lipinski definition) is 2. The van der Waals surface area contributed by atoms with Gasteiger partial charge in [-0.2, -0.15) is 0 Å². The molecule has 3 nitrogen and oxygen atoms in total. The van der Waals surface area contributed by atoms with Crippen LogP contribution in [0.3, 0.4) is 0 Å². The van der Waals surface area contributed by atoms with Gasteiger partial charge in [0.15, 0.2) is 0 Å². The van der Waals surface area contributed by atoms with Crippen molar-refractivity contribution in [1.29, 1.82) is 0 Å². The molecule has 0 fully saturated rings. The van der Waals surface area contributed by atoms with E-state index in [1.54, 1.807) is 0 Å². The standard InChI is InChI=1S/C19H24N2O/c1-3-5-15-21(4-2)19(22)17-13-9-10-14-18(17)20-16-11-7-6-8-12-16/h6-14,20H,3-5,15H2,1-2H3. The van der Waals surface area contributed by atoms with Crippen molar-refractivity contribution < 1.29 is 4.79 Å². The van der Waals surface area contributed by atoms with Crippen LogP contribution in [0, 0.1) is 0 Å². The zero-order valence-corrected chi connectivity index (χ0v) is 13.4. The van der Waals surface area contributed by atoms with Gasteiger partial charge in [0.25, 0.3) is 5.91 Å². The van der Waals surface area contributed by atoms with Crippen LogP contribution in [0.15, 0.2) is 54.6 Å². The van der Waals surface area contributed by atoms with Gasteiger partial charge in [-0.1, -0.05) is 43.7 Å². The largest absolute Gasteiger partial charge is 0.355 e. The molecule has 0 radical (unpaired) electrons. The number of carbonyl (C=O) groups excluding carboxylic acids is 1. The average molecular weight is 296 g/mol. The zero-order valence-electron chi connectivity index (χ0n) is 13.4. The third-order valence-corrected chi connectivity index (χ3v) is 3.66. The molecule has 0 unspecified atom stereocenters. The Labute approximate surface area is 133 Å². The second-order valence-corrected chi connectivity index (χ2v) is 5.27. The number of unbranched alkanes of at least 4 members (excludes halogenated alkanes) is 1. The number of para-hydroxylation sites is 2. The predicted molar refractivity (Wildman–Crippen MR) is 92.7 cm³/mol. The molecule has 0 aromatic heterocycles. The van der Waals surface area contributed by atoms with Crippen LogP contribution in [0.4, 0.5) is 11.4 Å². The van der Waals surface area contributed by atoms with Gasteiger partial charge in [-0.15, -0.1) is 0 Å². The predicted octanol–water partition coefficient (Wildman–Crippen LogP) is 4.69. The highest BCUT2D eigenvalue weighted by molar-refractivity contribution is 6.00. The van der Waals surface area contributed by atoms with Crippen molar-refractivity contribution in [3.63, 3.8) is 0 Å². The summed E-state index contributed by atoms with van der Waals surface area (Å²) in [5.41, 5.74) is 2.57. The lowest BCUT2D eigenvalue weighted by molar-refractivity contribution is 0.0763. The zero-order chi connectivity index (χ0) is 15.8. The molecule has 2 aromatic rings. The van der Waals surface area contributed by atoms with Gasteiger partial charge in [-0.25, -0.2) is 0 Å². The van der Waals surface area contributed by atoms with Gasteiger partial charge in [0, 0.05) is 18.8 Å². The van der Waals surface area contributed by atoms with Crippen molar-refractivity contribution >= 4 is 17.3 Å². The Balaban J connectivity index is 2.21. The molecule has 0 saturated heterocycles. The third-order valence-electron chi connectivity index (χ3n) is 3.66. The number of amides is 1. The smallest absolute Gasteiger partial charge is 0.255 e. The van der Waals surface area contributed by atoms with Gasteiger partial charge in [0.1, 0.15) is 0 Å². The van der Waals surface area contributed by atoms with Crippen LogP contribution in [0.5, 0.6) is 0 Å². The number of anilines is 2. The summed E-state index contributed by atoms with van der Waals surface area (Å²) in [6.45, 7) is 5.72.